The lowest BCUT2D eigenvalue weighted by molar-refractivity contribution is -0.120. The predicted octanol–water partition coefficient (Wildman–Crippen LogP) is 2.95. The van der Waals surface area contributed by atoms with Gasteiger partial charge in [-0.25, -0.2) is 0 Å². The maximum Gasteiger partial charge on any atom is 0.233 e. The molecule has 0 aliphatic rings. The van der Waals surface area contributed by atoms with Gasteiger partial charge in [0.1, 0.15) is 0 Å². The summed E-state index contributed by atoms with van der Waals surface area (Å²) in [6, 6.07) is 4.49. The van der Waals surface area contributed by atoms with Crippen LogP contribution in [0, 0.1) is 5.92 Å². The van der Waals surface area contributed by atoms with Gasteiger partial charge in [0.2, 0.25) is 5.91 Å². The highest BCUT2D eigenvalue weighted by Gasteiger charge is 2.12. The third kappa shape index (κ3) is 5.65. The van der Waals surface area contributed by atoms with Crippen LogP contribution in [-0.4, -0.2) is 19.0 Å². The van der Waals surface area contributed by atoms with E-state index in [0.717, 1.165) is 19.4 Å². The Morgan fingerprint density at radius 1 is 1.44 bits per heavy atom. The summed E-state index contributed by atoms with van der Waals surface area (Å²) in [5, 5.41) is 8.35. The highest BCUT2D eigenvalue weighted by atomic mass is 32.1. The summed E-state index contributed by atoms with van der Waals surface area (Å²) < 4.78 is 0. The van der Waals surface area contributed by atoms with Crippen LogP contribution in [0.1, 0.15) is 44.5 Å². The van der Waals surface area contributed by atoms with E-state index in [-0.39, 0.29) is 5.91 Å². The van der Waals surface area contributed by atoms with Gasteiger partial charge in [-0.2, -0.15) is 0 Å². The lowest BCUT2D eigenvalue weighted by Gasteiger charge is -2.16. The smallest absolute Gasteiger partial charge is 0.233 e. The van der Waals surface area contributed by atoms with Gasteiger partial charge in [-0.05, 0) is 23.8 Å². The standard InChI is InChI=1S/C14H24N2OS/c1-4-6-12(13-7-5-8-18-13)15-10-14(17)16-9-11(2)3/h5,7-8,11-12,15H,4,6,9-10H2,1-3H3,(H,16,17). The monoisotopic (exact) mass is 268 g/mol. The Labute approximate surface area is 114 Å². The number of hydrogen-bond donors (Lipinski definition) is 2. The van der Waals surface area contributed by atoms with Gasteiger partial charge < -0.3 is 10.6 Å². The quantitative estimate of drug-likeness (QED) is 0.761. The highest BCUT2D eigenvalue weighted by Crippen LogP contribution is 2.22. The maximum atomic E-state index is 11.7. The zero-order chi connectivity index (χ0) is 13.4. The van der Waals surface area contributed by atoms with Crippen LogP contribution in [0.2, 0.25) is 0 Å². The van der Waals surface area contributed by atoms with E-state index in [1.165, 1.54) is 4.88 Å². The van der Waals surface area contributed by atoms with Gasteiger partial charge in [0, 0.05) is 17.5 Å². The summed E-state index contributed by atoms with van der Waals surface area (Å²) in [5.41, 5.74) is 0. The van der Waals surface area contributed by atoms with Crippen molar-refractivity contribution >= 4 is 17.2 Å². The van der Waals surface area contributed by atoms with E-state index in [9.17, 15) is 4.79 Å². The van der Waals surface area contributed by atoms with Gasteiger partial charge in [-0.15, -0.1) is 11.3 Å². The number of carbonyl (C=O) groups excluding carboxylic acids is 1. The first kappa shape index (κ1) is 15.2. The van der Waals surface area contributed by atoms with E-state index in [0.29, 0.717) is 18.5 Å². The number of carbonyl (C=O) groups is 1. The molecule has 0 aromatic carbocycles. The molecule has 1 aromatic rings. The summed E-state index contributed by atoms with van der Waals surface area (Å²) in [4.78, 5) is 13.0. The van der Waals surface area contributed by atoms with Crippen LogP contribution < -0.4 is 10.6 Å². The van der Waals surface area contributed by atoms with E-state index < -0.39 is 0 Å². The van der Waals surface area contributed by atoms with Crippen molar-refractivity contribution in [3.8, 4) is 0 Å². The molecule has 1 amide bonds. The first-order chi connectivity index (χ1) is 8.63. The lowest BCUT2D eigenvalue weighted by atomic mass is 10.1. The molecule has 0 aliphatic carbocycles. The van der Waals surface area contributed by atoms with Gasteiger partial charge in [-0.3, -0.25) is 4.79 Å². The van der Waals surface area contributed by atoms with Gasteiger partial charge in [0.15, 0.2) is 0 Å². The third-order valence-corrected chi connectivity index (χ3v) is 3.67. The summed E-state index contributed by atoms with van der Waals surface area (Å²) >= 11 is 1.75. The average Bonchev–Trinajstić information content (AvgIpc) is 2.85. The van der Waals surface area contributed by atoms with Gasteiger partial charge in [0.25, 0.3) is 0 Å². The Hall–Kier alpha value is -0.870. The van der Waals surface area contributed by atoms with E-state index in [1.54, 1.807) is 11.3 Å². The van der Waals surface area contributed by atoms with E-state index in [1.807, 2.05) is 0 Å². The number of rotatable bonds is 8. The fourth-order valence-electron chi connectivity index (χ4n) is 1.72. The van der Waals surface area contributed by atoms with Crippen molar-refractivity contribution in [3.63, 3.8) is 0 Å². The molecule has 1 unspecified atom stereocenters. The number of nitrogens with one attached hydrogen (secondary N) is 2. The first-order valence-corrected chi connectivity index (χ1v) is 7.55. The molecule has 0 saturated heterocycles. The second kappa shape index (κ2) is 8.27. The van der Waals surface area contributed by atoms with Crippen LogP contribution in [0.5, 0.6) is 0 Å². The van der Waals surface area contributed by atoms with Crippen molar-refractivity contribution in [2.75, 3.05) is 13.1 Å². The zero-order valence-electron chi connectivity index (χ0n) is 11.5. The van der Waals surface area contributed by atoms with Crippen LogP contribution in [0.3, 0.4) is 0 Å². The molecule has 1 rings (SSSR count). The largest absolute Gasteiger partial charge is 0.355 e. The van der Waals surface area contributed by atoms with Crippen molar-refractivity contribution in [1.82, 2.24) is 10.6 Å². The van der Waals surface area contributed by atoms with Crippen molar-refractivity contribution < 1.29 is 4.79 Å². The molecule has 1 heterocycles. The summed E-state index contributed by atoms with van der Waals surface area (Å²) in [6.45, 7) is 7.51. The molecule has 18 heavy (non-hydrogen) atoms. The fraction of sp³-hybridized carbons (Fsp3) is 0.643. The summed E-state index contributed by atoms with van der Waals surface area (Å²) in [5.74, 6) is 0.582. The molecule has 1 aromatic heterocycles. The van der Waals surface area contributed by atoms with Crippen LogP contribution >= 0.6 is 11.3 Å². The molecule has 0 spiro atoms. The van der Waals surface area contributed by atoms with E-state index in [2.05, 4.69) is 48.9 Å². The van der Waals surface area contributed by atoms with Crippen LogP contribution in [0.25, 0.3) is 0 Å². The number of thiophene rings is 1. The molecule has 0 saturated carbocycles. The molecule has 0 bridgehead atoms. The molecule has 2 N–H and O–H groups in total. The zero-order valence-corrected chi connectivity index (χ0v) is 12.3. The minimum Gasteiger partial charge on any atom is -0.355 e. The molecular weight excluding hydrogens is 244 g/mol. The van der Waals surface area contributed by atoms with Gasteiger partial charge in [-0.1, -0.05) is 33.3 Å². The van der Waals surface area contributed by atoms with Gasteiger partial charge in [0.05, 0.1) is 6.54 Å². The topological polar surface area (TPSA) is 41.1 Å². The first-order valence-electron chi connectivity index (χ1n) is 6.67. The Bertz CT molecular complexity index is 336. The number of hydrogen-bond acceptors (Lipinski definition) is 3. The molecule has 102 valence electrons. The Balaban J connectivity index is 2.36. The third-order valence-electron chi connectivity index (χ3n) is 2.68. The van der Waals surface area contributed by atoms with Crippen molar-refractivity contribution in [2.24, 2.45) is 5.92 Å². The summed E-state index contributed by atoms with van der Waals surface area (Å²) in [7, 11) is 0. The number of amides is 1. The molecule has 3 nitrogen and oxygen atoms in total. The highest BCUT2D eigenvalue weighted by molar-refractivity contribution is 7.10. The van der Waals surface area contributed by atoms with Gasteiger partial charge >= 0.3 is 0 Å². The maximum absolute atomic E-state index is 11.7. The normalized spacial score (nSPS) is 12.7. The van der Waals surface area contributed by atoms with Crippen LogP contribution in [0.4, 0.5) is 0 Å². The van der Waals surface area contributed by atoms with Crippen LogP contribution in [-0.2, 0) is 4.79 Å². The minimum absolute atomic E-state index is 0.0846. The summed E-state index contributed by atoms with van der Waals surface area (Å²) in [6.07, 6.45) is 2.18. The van der Waals surface area contributed by atoms with Crippen molar-refractivity contribution in [2.45, 2.75) is 39.7 Å². The predicted molar refractivity (Wildman–Crippen MR) is 77.8 cm³/mol. The second-order valence-corrected chi connectivity index (χ2v) is 5.91. The Morgan fingerprint density at radius 2 is 2.22 bits per heavy atom. The van der Waals surface area contributed by atoms with E-state index in [4.69, 9.17) is 0 Å². The minimum atomic E-state index is 0.0846. The fourth-order valence-corrected chi connectivity index (χ4v) is 2.56. The lowest BCUT2D eigenvalue weighted by Crippen LogP contribution is -2.37. The molecule has 0 fully saturated rings. The molecule has 0 radical (unpaired) electrons. The molecule has 1 atom stereocenters. The van der Waals surface area contributed by atoms with E-state index >= 15 is 0 Å². The Kier molecular flexibility index (Phi) is 6.98. The SMILES string of the molecule is CCCC(NCC(=O)NCC(C)C)c1cccs1. The molecule has 4 heteroatoms. The average molecular weight is 268 g/mol. The molecular formula is C14H24N2OS. The van der Waals surface area contributed by atoms with Crippen LogP contribution in [0.15, 0.2) is 17.5 Å². The Morgan fingerprint density at radius 3 is 2.78 bits per heavy atom. The van der Waals surface area contributed by atoms with Crippen molar-refractivity contribution in [1.29, 1.82) is 0 Å². The molecule has 0 aliphatic heterocycles. The van der Waals surface area contributed by atoms with Crippen molar-refractivity contribution in [3.05, 3.63) is 22.4 Å². The second-order valence-electron chi connectivity index (χ2n) is 4.94.